The van der Waals surface area contributed by atoms with E-state index in [-0.39, 0.29) is 12.2 Å². The highest BCUT2D eigenvalue weighted by atomic mass is 16.4. The van der Waals surface area contributed by atoms with Crippen LogP contribution in [-0.2, 0) is 9.59 Å². The molecule has 0 fully saturated rings. The molecule has 104 valence electrons. The number of nitrogens with one attached hydrogen (secondary N) is 1. The van der Waals surface area contributed by atoms with E-state index in [0.717, 1.165) is 0 Å². The Kier molecular flexibility index (Phi) is 5.77. The molecule has 7 nitrogen and oxygen atoms in total. The van der Waals surface area contributed by atoms with Gasteiger partial charge in [0.05, 0.1) is 12.4 Å². The van der Waals surface area contributed by atoms with Crippen LogP contribution in [0.4, 0.5) is 5.69 Å². The third kappa shape index (κ3) is 5.36. The Morgan fingerprint density at radius 3 is 2.53 bits per heavy atom. The quantitative estimate of drug-likeness (QED) is 0.384. The average Bonchev–Trinajstić information content (AvgIpc) is 2.37. The van der Waals surface area contributed by atoms with E-state index in [2.05, 4.69) is 11.1 Å². The van der Waals surface area contributed by atoms with E-state index in [0.29, 0.717) is 18.8 Å². The lowest BCUT2D eigenvalue weighted by Gasteiger charge is -2.15. The van der Waals surface area contributed by atoms with E-state index >= 15 is 0 Å². The number of anilines is 1. The van der Waals surface area contributed by atoms with Crippen LogP contribution in [0.1, 0.15) is 6.42 Å². The van der Waals surface area contributed by atoms with Gasteiger partial charge in [-0.2, -0.15) is 0 Å². The first-order valence-corrected chi connectivity index (χ1v) is 5.95. The third-order valence-corrected chi connectivity index (χ3v) is 2.51. The largest absolute Gasteiger partial charge is 0.544 e. The number of carbonyl (C=O) groups is 2. The number of rotatable bonds is 7. The first-order valence-electron chi connectivity index (χ1n) is 5.95. The molecule has 7 N–H and O–H groups in total. The van der Waals surface area contributed by atoms with Gasteiger partial charge in [0, 0.05) is 5.69 Å². The minimum Gasteiger partial charge on any atom is -0.544 e. The number of phenolic OH excluding ortho intramolecular Hbond substituents is 1. The summed E-state index contributed by atoms with van der Waals surface area (Å²) in [6.45, 7) is 1.09. The lowest BCUT2D eigenvalue weighted by Crippen LogP contribution is -2.95. The Morgan fingerprint density at radius 2 is 2.00 bits per heavy atom. The highest BCUT2D eigenvalue weighted by Gasteiger charge is 2.18. The Bertz CT molecular complexity index is 433. The predicted molar refractivity (Wildman–Crippen MR) is 64.7 cm³/mol. The van der Waals surface area contributed by atoms with Gasteiger partial charge >= 0.3 is 0 Å². The van der Waals surface area contributed by atoms with Crippen molar-refractivity contribution in [1.82, 2.24) is 0 Å². The number of carboxylic acid groups (broad SMARTS) is 1. The topological polar surface area (TPSA) is 134 Å². The summed E-state index contributed by atoms with van der Waals surface area (Å²) in [4.78, 5) is 22.5. The number of quaternary nitrogens is 2. The molecule has 0 unspecified atom stereocenters. The van der Waals surface area contributed by atoms with E-state index in [9.17, 15) is 14.7 Å². The number of carboxylic acids is 1. The Labute approximate surface area is 110 Å². The van der Waals surface area contributed by atoms with Crippen molar-refractivity contribution in [3.63, 3.8) is 0 Å². The second kappa shape index (κ2) is 7.34. The summed E-state index contributed by atoms with van der Waals surface area (Å²) >= 11 is 0. The number of carbonyl (C=O) groups excluding carboxylic acids is 2. The first kappa shape index (κ1) is 14.9. The maximum atomic E-state index is 11.7. The molecule has 19 heavy (non-hydrogen) atoms. The van der Waals surface area contributed by atoms with Gasteiger partial charge in [0.2, 0.25) is 5.91 Å². The molecule has 1 aromatic carbocycles. The van der Waals surface area contributed by atoms with Crippen molar-refractivity contribution in [3.8, 4) is 5.75 Å². The van der Waals surface area contributed by atoms with Crippen molar-refractivity contribution in [2.75, 3.05) is 18.4 Å². The van der Waals surface area contributed by atoms with Crippen molar-refractivity contribution < 1.29 is 30.9 Å². The summed E-state index contributed by atoms with van der Waals surface area (Å²) in [5.74, 6) is -1.59. The summed E-state index contributed by atoms with van der Waals surface area (Å²) in [5.41, 5.74) is 4.10. The van der Waals surface area contributed by atoms with Crippen molar-refractivity contribution >= 4 is 17.6 Å². The van der Waals surface area contributed by atoms with Gasteiger partial charge in [-0.1, -0.05) is 0 Å². The summed E-state index contributed by atoms with van der Waals surface area (Å²) < 4.78 is 0. The van der Waals surface area contributed by atoms with Crippen molar-refractivity contribution in [3.05, 3.63) is 24.3 Å². The molecule has 0 spiro atoms. The van der Waals surface area contributed by atoms with Crippen molar-refractivity contribution in [2.24, 2.45) is 0 Å². The summed E-state index contributed by atoms with van der Waals surface area (Å²) in [6, 6.07) is 5.00. The minimum absolute atomic E-state index is 0.0920. The first-order chi connectivity index (χ1) is 9.02. The number of benzene rings is 1. The van der Waals surface area contributed by atoms with Crippen LogP contribution < -0.4 is 21.5 Å². The van der Waals surface area contributed by atoms with Gasteiger partial charge < -0.3 is 31.4 Å². The second-order valence-electron chi connectivity index (χ2n) is 4.10. The van der Waals surface area contributed by atoms with Crippen LogP contribution in [-0.4, -0.2) is 36.1 Å². The minimum atomic E-state index is -1.27. The maximum Gasteiger partial charge on any atom is 0.230 e. The number of phenols is 1. The molecule has 0 aliphatic rings. The molecule has 0 aromatic heterocycles. The fourth-order valence-corrected chi connectivity index (χ4v) is 1.54. The van der Waals surface area contributed by atoms with E-state index in [1.807, 2.05) is 0 Å². The van der Waals surface area contributed by atoms with Crippen LogP contribution in [0.15, 0.2) is 24.3 Å². The fraction of sp³-hybridized carbons (Fsp3) is 0.333. The monoisotopic (exact) mass is 268 g/mol. The van der Waals surface area contributed by atoms with Crippen molar-refractivity contribution in [2.45, 2.75) is 12.5 Å². The number of nitrogens with two attached hydrogens (primary N) is 1. The molecule has 1 aromatic rings. The van der Waals surface area contributed by atoms with Crippen LogP contribution in [0.25, 0.3) is 0 Å². The van der Waals surface area contributed by atoms with E-state index < -0.39 is 17.9 Å². The molecular formula is C12H18N3O4+. The van der Waals surface area contributed by atoms with E-state index in [1.165, 1.54) is 29.6 Å². The molecule has 0 radical (unpaired) electrons. The van der Waals surface area contributed by atoms with Crippen LogP contribution in [0.5, 0.6) is 5.75 Å². The summed E-state index contributed by atoms with van der Waals surface area (Å²) in [7, 11) is 0. The van der Waals surface area contributed by atoms with Crippen LogP contribution in [0, 0.1) is 0 Å². The predicted octanol–water partition coefficient (Wildman–Crippen LogP) is -3.36. The molecule has 0 saturated heterocycles. The molecule has 7 heteroatoms. The van der Waals surface area contributed by atoms with Crippen molar-refractivity contribution in [1.29, 1.82) is 0 Å². The third-order valence-electron chi connectivity index (χ3n) is 2.51. The Balaban J connectivity index is 2.52. The Hall–Kier alpha value is -2.12. The van der Waals surface area contributed by atoms with E-state index in [4.69, 9.17) is 5.11 Å². The van der Waals surface area contributed by atoms with E-state index in [1.54, 1.807) is 0 Å². The second-order valence-corrected chi connectivity index (χ2v) is 4.10. The van der Waals surface area contributed by atoms with Crippen LogP contribution in [0.2, 0.25) is 0 Å². The molecule has 1 rings (SSSR count). The van der Waals surface area contributed by atoms with Crippen LogP contribution in [0.3, 0.4) is 0 Å². The molecule has 1 atom stereocenters. The number of amides is 1. The molecule has 0 bridgehead atoms. The van der Waals surface area contributed by atoms with Gasteiger partial charge in [-0.15, -0.1) is 0 Å². The molecule has 0 aliphatic carbocycles. The zero-order valence-electron chi connectivity index (χ0n) is 10.5. The molecule has 0 heterocycles. The Morgan fingerprint density at radius 1 is 1.37 bits per heavy atom. The van der Waals surface area contributed by atoms with Gasteiger partial charge in [-0.3, -0.25) is 4.79 Å². The highest BCUT2D eigenvalue weighted by molar-refractivity contribution is 5.93. The summed E-state index contributed by atoms with van der Waals surface area (Å²) in [6.07, 6.45) is -0.177. The van der Waals surface area contributed by atoms with Gasteiger partial charge in [-0.25, -0.2) is 0 Å². The summed E-state index contributed by atoms with van der Waals surface area (Å²) in [5, 5.41) is 24.0. The number of aliphatic carboxylic acids is 1. The normalized spacial score (nSPS) is 11.8. The molecule has 0 saturated carbocycles. The SMILES string of the molecule is [NH3+]CC[NH2+][C@@H](CC(=O)Nc1ccc(O)cc1)C(=O)[O-]. The average molecular weight is 268 g/mol. The lowest BCUT2D eigenvalue weighted by molar-refractivity contribution is -0.695. The van der Waals surface area contributed by atoms with Gasteiger partial charge in [0.25, 0.3) is 0 Å². The van der Waals surface area contributed by atoms with Crippen LogP contribution >= 0.6 is 0 Å². The zero-order chi connectivity index (χ0) is 14.3. The number of hydrogen-bond acceptors (Lipinski definition) is 4. The lowest BCUT2D eigenvalue weighted by atomic mass is 10.2. The van der Waals surface area contributed by atoms with Gasteiger partial charge in [0.1, 0.15) is 24.9 Å². The number of hydrogen-bond donors (Lipinski definition) is 4. The molecule has 1 amide bonds. The highest BCUT2D eigenvalue weighted by Crippen LogP contribution is 2.13. The van der Waals surface area contributed by atoms with Gasteiger partial charge in [-0.05, 0) is 24.3 Å². The number of aromatic hydroxyl groups is 1. The fourth-order valence-electron chi connectivity index (χ4n) is 1.54. The molecular weight excluding hydrogens is 250 g/mol. The zero-order valence-corrected chi connectivity index (χ0v) is 10.5. The molecule has 0 aliphatic heterocycles. The standard InChI is InChI=1S/C12H17N3O4/c13-5-6-14-10(12(18)19)7-11(17)15-8-1-3-9(16)4-2-8/h1-4,10,14,16H,5-7,13H2,(H,15,17)(H,18,19)/p+1/t10-/m0/s1. The smallest absolute Gasteiger partial charge is 0.230 e. The maximum absolute atomic E-state index is 11.7. The van der Waals surface area contributed by atoms with Gasteiger partial charge in [0.15, 0.2) is 0 Å².